The van der Waals surface area contributed by atoms with Crippen LogP contribution in [-0.2, 0) is 32.7 Å². The quantitative estimate of drug-likeness (QED) is 0.843. The molecule has 3 rings (SSSR count). The lowest BCUT2D eigenvalue weighted by Gasteiger charge is -2.15. The molecule has 2 aromatic rings. The maximum atomic E-state index is 4.67. The minimum absolute atomic E-state index is 0. The van der Waals surface area contributed by atoms with Crippen molar-refractivity contribution in [3.8, 4) is 0 Å². The lowest BCUT2D eigenvalue weighted by Crippen LogP contribution is -2.28. The van der Waals surface area contributed by atoms with Crippen LogP contribution in [0.5, 0.6) is 0 Å². The second-order valence-corrected chi connectivity index (χ2v) is 5.64. The highest BCUT2D eigenvalue weighted by molar-refractivity contribution is 5.85. The molecular formula is C14H25Cl2N7. The molecular weight excluding hydrogens is 337 g/mol. The second-order valence-electron chi connectivity index (χ2n) is 5.64. The van der Waals surface area contributed by atoms with Gasteiger partial charge >= 0.3 is 0 Å². The van der Waals surface area contributed by atoms with Gasteiger partial charge in [-0.15, -0.1) is 35.0 Å². The standard InChI is InChI=1S/C14H23N7.2ClH/c1-3-5-20-11-16-17-14(20)10-19(2)9-12-7-13-8-15-4-6-21(13)18-12;;/h7,11,15H,3-6,8-10H2,1-2H3;2*1H. The monoisotopic (exact) mass is 361 g/mol. The molecule has 0 aliphatic carbocycles. The summed E-state index contributed by atoms with van der Waals surface area (Å²) in [6, 6.07) is 2.19. The number of halogens is 2. The first kappa shape index (κ1) is 19.9. The van der Waals surface area contributed by atoms with Gasteiger partial charge in [0.25, 0.3) is 0 Å². The van der Waals surface area contributed by atoms with E-state index in [0.717, 1.165) is 57.2 Å². The molecule has 0 radical (unpaired) electrons. The van der Waals surface area contributed by atoms with Gasteiger partial charge in [-0.3, -0.25) is 9.58 Å². The van der Waals surface area contributed by atoms with Gasteiger partial charge in [0.1, 0.15) is 12.2 Å². The number of hydrogen-bond acceptors (Lipinski definition) is 5. The van der Waals surface area contributed by atoms with Crippen LogP contribution in [0.1, 0.15) is 30.6 Å². The van der Waals surface area contributed by atoms with E-state index in [1.807, 2.05) is 6.33 Å². The molecule has 3 heterocycles. The van der Waals surface area contributed by atoms with Crippen LogP contribution in [-0.4, -0.2) is 43.0 Å². The van der Waals surface area contributed by atoms with Gasteiger partial charge in [-0.2, -0.15) is 5.10 Å². The fraction of sp³-hybridized carbons (Fsp3) is 0.643. The largest absolute Gasteiger partial charge is 0.317 e. The third-order valence-electron chi connectivity index (χ3n) is 3.72. The van der Waals surface area contributed by atoms with Crippen molar-refractivity contribution in [1.29, 1.82) is 0 Å². The van der Waals surface area contributed by atoms with Crippen molar-refractivity contribution in [1.82, 2.24) is 34.8 Å². The number of nitrogens with one attached hydrogen (secondary N) is 1. The minimum atomic E-state index is 0. The molecule has 0 unspecified atom stereocenters. The number of aromatic nitrogens is 5. The van der Waals surface area contributed by atoms with Crippen molar-refractivity contribution in [3.05, 3.63) is 29.6 Å². The lowest BCUT2D eigenvalue weighted by molar-refractivity contribution is 0.299. The number of aryl methyl sites for hydroxylation is 1. The zero-order chi connectivity index (χ0) is 14.7. The number of nitrogens with zero attached hydrogens (tertiary/aromatic N) is 6. The third kappa shape index (κ3) is 4.91. The Labute approximate surface area is 149 Å². The van der Waals surface area contributed by atoms with Crippen molar-refractivity contribution >= 4 is 24.8 Å². The summed E-state index contributed by atoms with van der Waals surface area (Å²) >= 11 is 0. The van der Waals surface area contributed by atoms with Gasteiger partial charge in [-0.25, -0.2) is 0 Å². The van der Waals surface area contributed by atoms with E-state index in [4.69, 9.17) is 0 Å². The lowest BCUT2D eigenvalue weighted by atomic mass is 10.3. The molecule has 2 aromatic heterocycles. The SMILES string of the molecule is CCCn1cnnc1CN(C)Cc1cc2n(n1)CCNC2.Cl.Cl. The van der Waals surface area contributed by atoms with Crippen LogP contribution in [0, 0.1) is 0 Å². The molecule has 0 amide bonds. The Kier molecular flexibility index (Phi) is 7.98. The van der Waals surface area contributed by atoms with E-state index in [2.05, 4.69) is 54.8 Å². The molecule has 9 heteroatoms. The van der Waals surface area contributed by atoms with E-state index in [1.54, 1.807) is 0 Å². The minimum Gasteiger partial charge on any atom is -0.317 e. The van der Waals surface area contributed by atoms with Gasteiger partial charge in [0, 0.05) is 26.2 Å². The molecule has 130 valence electrons. The van der Waals surface area contributed by atoms with Crippen molar-refractivity contribution in [2.45, 2.75) is 46.1 Å². The zero-order valence-electron chi connectivity index (χ0n) is 13.6. The van der Waals surface area contributed by atoms with Gasteiger partial charge in [0.15, 0.2) is 0 Å². The maximum absolute atomic E-state index is 4.67. The van der Waals surface area contributed by atoms with Gasteiger partial charge in [-0.1, -0.05) is 6.92 Å². The number of rotatable bonds is 6. The summed E-state index contributed by atoms with van der Waals surface area (Å²) in [5.41, 5.74) is 2.40. The number of hydrogen-bond donors (Lipinski definition) is 1. The van der Waals surface area contributed by atoms with E-state index in [0.29, 0.717) is 0 Å². The summed E-state index contributed by atoms with van der Waals surface area (Å²) in [7, 11) is 2.10. The van der Waals surface area contributed by atoms with Crippen LogP contribution >= 0.6 is 24.8 Å². The van der Waals surface area contributed by atoms with Crippen LogP contribution in [0.15, 0.2) is 12.4 Å². The molecule has 0 bridgehead atoms. The molecule has 0 saturated carbocycles. The highest BCUT2D eigenvalue weighted by Crippen LogP contribution is 2.11. The van der Waals surface area contributed by atoms with E-state index < -0.39 is 0 Å². The fourth-order valence-electron chi connectivity index (χ4n) is 2.73. The molecule has 0 aromatic carbocycles. The average Bonchev–Trinajstić information content (AvgIpc) is 3.05. The maximum Gasteiger partial charge on any atom is 0.147 e. The Morgan fingerprint density at radius 2 is 2.13 bits per heavy atom. The topological polar surface area (TPSA) is 63.8 Å². The van der Waals surface area contributed by atoms with E-state index in [-0.39, 0.29) is 24.8 Å². The van der Waals surface area contributed by atoms with Crippen LogP contribution in [0.4, 0.5) is 0 Å². The van der Waals surface area contributed by atoms with Crippen molar-refractivity contribution in [2.75, 3.05) is 13.6 Å². The highest BCUT2D eigenvalue weighted by atomic mass is 35.5. The van der Waals surface area contributed by atoms with E-state index in [1.165, 1.54) is 5.69 Å². The molecule has 0 fully saturated rings. The predicted molar refractivity (Wildman–Crippen MR) is 93.9 cm³/mol. The molecule has 23 heavy (non-hydrogen) atoms. The molecule has 7 nitrogen and oxygen atoms in total. The second kappa shape index (κ2) is 9.22. The third-order valence-corrected chi connectivity index (χ3v) is 3.72. The van der Waals surface area contributed by atoms with Gasteiger partial charge in [0.05, 0.1) is 24.5 Å². The Bertz CT molecular complexity index is 572. The van der Waals surface area contributed by atoms with Gasteiger partial charge in [-0.05, 0) is 19.5 Å². The Morgan fingerprint density at radius 1 is 1.30 bits per heavy atom. The van der Waals surface area contributed by atoms with Crippen molar-refractivity contribution in [3.63, 3.8) is 0 Å². The molecule has 0 spiro atoms. The summed E-state index contributed by atoms with van der Waals surface area (Å²) in [6.07, 6.45) is 2.91. The summed E-state index contributed by atoms with van der Waals surface area (Å²) < 4.78 is 4.23. The summed E-state index contributed by atoms with van der Waals surface area (Å²) in [4.78, 5) is 2.23. The first-order valence-electron chi connectivity index (χ1n) is 7.58. The van der Waals surface area contributed by atoms with Crippen molar-refractivity contribution < 1.29 is 0 Å². The first-order valence-corrected chi connectivity index (χ1v) is 7.58. The Hall–Kier alpha value is -1.15. The molecule has 0 saturated heterocycles. The number of fused-ring (bicyclic) bond motifs is 1. The molecule has 1 aliphatic rings. The summed E-state index contributed by atoms with van der Waals surface area (Å²) in [5, 5.41) is 16.3. The predicted octanol–water partition coefficient (Wildman–Crippen LogP) is 1.46. The molecule has 1 aliphatic heterocycles. The van der Waals surface area contributed by atoms with Crippen LogP contribution in [0.25, 0.3) is 0 Å². The van der Waals surface area contributed by atoms with E-state index >= 15 is 0 Å². The Morgan fingerprint density at radius 3 is 2.87 bits per heavy atom. The van der Waals surface area contributed by atoms with Crippen molar-refractivity contribution in [2.24, 2.45) is 0 Å². The first-order chi connectivity index (χ1) is 10.3. The average molecular weight is 362 g/mol. The molecule has 1 N–H and O–H groups in total. The Balaban J connectivity index is 0.00000132. The van der Waals surface area contributed by atoms with E-state index in [9.17, 15) is 0 Å². The van der Waals surface area contributed by atoms with Crippen LogP contribution in [0.3, 0.4) is 0 Å². The zero-order valence-corrected chi connectivity index (χ0v) is 15.2. The van der Waals surface area contributed by atoms with Gasteiger partial charge < -0.3 is 9.88 Å². The molecule has 0 atom stereocenters. The van der Waals surface area contributed by atoms with Crippen LogP contribution < -0.4 is 5.32 Å². The van der Waals surface area contributed by atoms with Gasteiger partial charge in [0.2, 0.25) is 0 Å². The smallest absolute Gasteiger partial charge is 0.147 e. The summed E-state index contributed by atoms with van der Waals surface area (Å²) in [5.74, 6) is 1.02. The summed E-state index contributed by atoms with van der Waals surface area (Å²) in [6.45, 7) is 7.65. The van der Waals surface area contributed by atoms with Crippen LogP contribution in [0.2, 0.25) is 0 Å². The fourth-order valence-corrected chi connectivity index (χ4v) is 2.73. The normalized spacial score (nSPS) is 13.3. The highest BCUT2D eigenvalue weighted by Gasteiger charge is 2.14.